The Bertz CT molecular complexity index is 695. The minimum atomic E-state index is -0.379. The van der Waals surface area contributed by atoms with Crippen LogP contribution in [0.1, 0.15) is 49.6 Å². The van der Waals surface area contributed by atoms with Crippen LogP contribution in [-0.2, 0) is 20.8 Å². The molecule has 1 aromatic heterocycles. The number of aromatic nitrogens is 1. The van der Waals surface area contributed by atoms with Gasteiger partial charge in [-0.15, -0.1) is 0 Å². The molecule has 2 saturated heterocycles. The fourth-order valence-electron chi connectivity index (χ4n) is 5.69. The third-order valence-corrected chi connectivity index (χ3v) is 7.37. The topological polar surface area (TPSA) is 68.0 Å². The predicted octanol–water partition coefficient (Wildman–Crippen LogP) is 2.55. The van der Waals surface area contributed by atoms with Crippen molar-refractivity contribution in [2.45, 2.75) is 59.0 Å². The fraction of sp³-hybridized carbons (Fsp3) is 0.818. The van der Waals surface area contributed by atoms with Gasteiger partial charge in [-0.1, -0.05) is 5.16 Å². The number of carbonyl (C=O) groups excluding carboxylic acids is 1. The van der Waals surface area contributed by atoms with Crippen molar-refractivity contribution in [3.8, 4) is 0 Å². The Hall–Kier alpha value is -1.44. The van der Waals surface area contributed by atoms with Crippen LogP contribution in [0.15, 0.2) is 4.52 Å². The van der Waals surface area contributed by atoms with E-state index in [0.717, 1.165) is 88.6 Å². The first-order valence-corrected chi connectivity index (χ1v) is 11.2. The lowest BCUT2D eigenvalue weighted by Gasteiger charge is -2.52. The maximum absolute atomic E-state index is 13.2. The molecule has 0 N–H and O–H groups in total. The number of likely N-dealkylation sites (tertiary alicyclic amines) is 1. The van der Waals surface area contributed by atoms with Gasteiger partial charge in [0, 0.05) is 37.8 Å². The molecule has 3 aliphatic rings. The van der Waals surface area contributed by atoms with Crippen LogP contribution >= 0.6 is 0 Å². The van der Waals surface area contributed by atoms with Crippen LogP contribution in [0.3, 0.4) is 0 Å². The van der Waals surface area contributed by atoms with Crippen LogP contribution in [0, 0.1) is 25.2 Å². The molecule has 0 amide bonds. The molecule has 162 valence electrons. The number of nitrogens with zero attached hydrogens (tertiary/aromatic N) is 3. The van der Waals surface area contributed by atoms with E-state index in [4.69, 9.17) is 14.0 Å². The van der Waals surface area contributed by atoms with Crippen LogP contribution in [0.2, 0.25) is 0 Å². The molecule has 4 rings (SSSR count). The summed E-state index contributed by atoms with van der Waals surface area (Å²) in [5, 5.41) is 4.10. The van der Waals surface area contributed by atoms with E-state index in [-0.39, 0.29) is 11.4 Å². The van der Waals surface area contributed by atoms with Gasteiger partial charge in [-0.05, 0) is 58.9 Å². The van der Waals surface area contributed by atoms with Gasteiger partial charge in [0.2, 0.25) is 0 Å². The summed E-state index contributed by atoms with van der Waals surface area (Å²) < 4.78 is 16.5. The van der Waals surface area contributed by atoms with Crippen molar-refractivity contribution in [3.63, 3.8) is 0 Å². The highest BCUT2D eigenvalue weighted by molar-refractivity contribution is 5.78. The van der Waals surface area contributed by atoms with E-state index in [1.165, 1.54) is 0 Å². The standard InChI is InChI=1S/C22H35N3O4/c1-4-28-21(26)22-7-5-19(25-9-11-27-12-10-25)13-18(22)6-8-24(15-22)14-20-16(2)23-29-17(20)3/h18-19H,4-15H2,1-3H3/t18-,19+,22-/m1/s1. The van der Waals surface area contributed by atoms with E-state index < -0.39 is 0 Å². The molecule has 1 aromatic rings. The summed E-state index contributed by atoms with van der Waals surface area (Å²) in [6.45, 7) is 12.6. The molecule has 3 atom stereocenters. The van der Waals surface area contributed by atoms with Crippen molar-refractivity contribution in [2.75, 3.05) is 46.0 Å². The van der Waals surface area contributed by atoms with Crippen molar-refractivity contribution in [1.82, 2.24) is 15.0 Å². The molecular formula is C22H35N3O4. The maximum atomic E-state index is 13.2. The molecule has 29 heavy (non-hydrogen) atoms. The third kappa shape index (κ3) is 4.09. The second-order valence-electron chi connectivity index (χ2n) is 8.95. The van der Waals surface area contributed by atoms with Crippen LogP contribution in [-0.4, -0.2) is 73.0 Å². The number of aryl methyl sites for hydroxylation is 2. The Kier molecular flexibility index (Phi) is 6.27. The second kappa shape index (κ2) is 8.74. The molecule has 7 heteroatoms. The van der Waals surface area contributed by atoms with Gasteiger partial charge in [0.25, 0.3) is 0 Å². The maximum Gasteiger partial charge on any atom is 0.313 e. The van der Waals surface area contributed by atoms with Crippen LogP contribution < -0.4 is 0 Å². The predicted molar refractivity (Wildman–Crippen MR) is 108 cm³/mol. The smallest absolute Gasteiger partial charge is 0.313 e. The van der Waals surface area contributed by atoms with Crippen LogP contribution in [0.5, 0.6) is 0 Å². The monoisotopic (exact) mass is 405 g/mol. The van der Waals surface area contributed by atoms with E-state index in [1.54, 1.807) is 0 Å². The van der Waals surface area contributed by atoms with Gasteiger partial charge < -0.3 is 14.0 Å². The number of piperidine rings is 1. The second-order valence-corrected chi connectivity index (χ2v) is 8.95. The molecule has 0 bridgehead atoms. The average molecular weight is 406 g/mol. The summed E-state index contributed by atoms with van der Waals surface area (Å²) >= 11 is 0. The first kappa shape index (κ1) is 20.8. The Labute approximate surface area is 173 Å². The van der Waals surface area contributed by atoms with Gasteiger partial charge >= 0.3 is 5.97 Å². The molecule has 0 spiro atoms. The van der Waals surface area contributed by atoms with Gasteiger partial charge in [0.15, 0.2) is 0 Å². The van der Waals surface area contributed by atoms with Crippen molar-refractivity contribution < 1.29 is 18.8 Å². The van der Waals surface area contributed by atoms with E-state index in [9.17, 15) is 4.79 Å². The van der Waals surface area contributed by atoms with E-state index in [1.807, 2.05) is 20.8 Å². The zero-order chi connectivity index (χ0) is 20.4. The quantitative estimate of drug-likeness (QED) is 0.698. The van der Waals surface area contributed by atoms with Crippen LogP contribution in [0.25, 0.3) is 0 Å². The number of fused-ring (bicyclic) bond motifs is 1. The number of rotatable bonds is 5. The SMILES string of the molecule is CCOC(=O)[C@@]12CC[C@H](N3CCOCC3)C[C@H]1CCN(Cc1c(C)noc1C)C2. The minimum Gasteiger partial charge on any atom is -0.466 e. The molecule has 1 aliphatic carbocycles. The van der Waals surface area contributed by atoms with E-state index in [0.29, 0.717) is 18.6 Å². The summed E-state index contributed by atoms with van der Waals surface area (Å²) in [5.41, 5.74) is 1.73. The van der Waals surface area contributed by atoms with E-state index >= 15 is 0 Å². The lowest BCUT2D eigenvalue weighted by molar-refractivity contribution is -0.170. The van der Waals surface area contributed by atoms with Crippen molar-refractivity contribution in [2.24, 2.45) is 11.3 Å². The fourth-order valence-corrected chi connectivity index (χ4v) is 5.69. The Balaban J connectivity index is 1.50. The van der Waals surface area contributed by atoms with Gasteiger partial charge in [0.05, 0.1) is 30.9 Å². The largest absolute Gasteiger partial charge is 0.466 e. The summed E-state index contributed by atoms with van der Waals surface area (Å²) in [7, 11) is 0. The molecule has 2 aliphatic heterocycles. The molecule has 7 nitrogen and oxygen atoms in total. The summed E-state index contributed by atoms with van der Waals surface area (Å²) in [4.78, 5) is 18.2. The normalized spacial score (nSPS) is 31.4. The first-order valence-electron chi connectivity index (χ1n) is 11.2. The van der Waals surface area contributed by atoms with Gasteiger partial charge in [0.1, 0.15) is 5.76 Å². The first-order chi connectivity index (χ1) is 14.0. The molecule has 0 aromatic carbocycles. The molecule has 1 saturated carbocycles. The highest BCUT2D eigenvalue weighted by Gasteiger charge is 2.53. The zero-order valence-corrected chi connectivity index (χ0v) is 18.1. The zero-order valence-electron chi connectivity index (χ0n) is 18.1. The molecule has 3 fully saturated rings. The lowest BCUT2D eigenvalue weighted by Crippen LogP contribution is -2.58. The minimum absolute atomic E-state index is 0.00823. The van der Waals surface area contributed by atoms with Gasteiger partial charge in [-0.3, -0.25) is 14.6 Å². The molecule has 0 radical (unpaired) electrons. The number of esters is 1. The van der Waals surface area contributed by atoms with Crippen LogP contribution in [0.4, 0.5) is 0 Å². The Morgan fingerprint density at radius 1 is 1.24 bits per heavy atom. The lowest BCUT2D eigenvalue weighted by atomic mass is 9.61. The number of morpholine rings is 1. The number of ether oxygens (including phenoxy) is 2. The summed E-state index contributed by atoms with van der Waals surface area (Å²) in [6, 6.07) is 0.570. The summed E-state index contributed by atoms with van der Waals surface area (Å²) in [6.07, 6.45) is 4.12. The molecular weight excluding hydrogens is 370 g/mol. The average Bonchev–Trinajstić information content (AvgIpc) is 3.06. The number of hydrogen-bond donors (Lipinski definition) is 0. The van der Waals surface area contributed by atoms with Crippen molar-refractivity contribution in [1.29, 1.82) is 0 Å². The number of hydrogen-bond acceptors (Lipinski definition) is 7. The van der Waals surface area contributed by atoms with Crippen molar-refractivity contribution >= 4 is 5.97 Å². The van der Waals surface area contributed by atoms with Crippen molar-refractivity contribution in [3.05, 3.63) is 17.0 Å². The van der Waals surface area contributed by atoms with Gasteiger partial charge in [-0.25, -0.2) is 0 Å². The van der Waals surface area contributed by atoms with Gasteiger partial charge in [-0.2, -0.15) is 0 Å². The molecule has 3 heterocycles. The Morgan fingerprint density at radius 3 is 2.72 bits per heavy atom. The highest BCUT2D eigenvalue weighted by atomic mass is 16.5. The number of carbonyl (C=O) groups is 1. The third-order valence-electron chi connectivity index (χ3n) is 7.37. The Morgan fingerprint density at radius 2 is 2.03 bits per heavy atom. The molecule has 0 unspecified atom stereocenters. The van der Waals surface area contributed by atoms with E-state index in [2.05, 4.69) is 15.0 Å². The highest BCUT2D eigenvalue weighted by Crippen LogP contribution is 2.48. The summed E-state index contributed by atoms with van der Waals surface area (Å²) in [5.74, 6) is 1.28.